The molecular formula is C15H14F3NOS. The fraction of sp³-hybridized carbons (Fsp3) is 0.200. The van der Waals surface area contributed by atoms with Gasteiger partial charge in [-0.3, -0.25) is 0 Å². The third-order valence-corrected chi connectivity index (χ3v) is 4.04. The van der Waals surface area contributed by atoms with E-state index in [0.29, 0.717) is 10.6 Å². The van der Waals surface area contributed by atoms with Crippen molar-refractivity contribution in [2.75, 3.05) is 5.73 Å². The van der Waals surface area contributed by atoms with Gasteiger partial charge in [-0.05, 0) is 24.1 Å². The van der Waals surface area contributed by atoms with Crippen molar-refractivity contribution in [3.05, 3.63) is 53.3 Å². The molecule has 0 aromatic heterocycles. The molecule has 112 valence electrons. The van der Waals surface area contributed by atoms with E-state index < -0.39 is 18.2 Å². The van der Waals surface area contributed by atoms with Crippen LogP contribution < -0.4 is 10.5 Å². The van der Waals surface area contributed by atoms with Crippen molar-refractivity contribution >= 4 is 17.4 Å². The Morgan fingerprint density at radius 1 is 1.24 bits per heavy atom. The third-order valence-electron chi connectivity index (χ3n) is 2.92. The summed E-state index contributed by atoms with van der Waals surface area (Å²) in [5.41, 5.74) is 8.14. The van der Waals surface area contributed by atoms with E-state index in [0.717, 1.165) is 17.2 Å². The van der Waals surface area contributed by atoms with Gasteiger partial charge < -0.3 is 10.5 Å². The predicted octanol–water partition coefficient (Wildman–Crippen LogP) is 4.61. The molecule has 21 heavy (non-hydrogen) atoms. The summed E-state index contributed by atoms with van der Waals surface area (Å²) in [5, 5.41) is 0. The first kappa shape index (κ1) is 15.6. The highest BCUT2D eigenvalue weighted by Gasteiger charge is 2.14. The first-order valence-electron chi connectivity index (χ1n) is 6.18. The first-order chi connectivity index (χ1) is 9.97. The van der Waals surface area contributed by atoms with Crippen molar-refractivity contribution in [3.63, 3.8) is 0 Å². The summed E-state index contributed by atoms with van der Waals surface area (Å²) in [6, 6.07) is 10.0. The zero-order valence-corrected chi connectivity index (χ0v) is 12.1. The molecule has 2 aromatic carbocycles. The lowest BCUT2D eigenvalue weighted by atomic mass is 10.1. The summed E-state index contributed by atoms with van der Waals surface area (Å²) in [4.78, 5) is 0.510. The highest BCUT2D eigenvalue weighted by molar-refractivity contribution is 7.98. The molecule has 0 bridgehead atoms. The van der Waals surface area contributed by atoms with Crippen LogP contribution in [0.2, 0.25) is 0 Å². The Balaban J connectivity index is 2.18. The van der Waals surface area contributed by atoms with Crippen LogP contribution in [0.4, 0.5) is 18.9 Å². The quantitative estimate of drug-likeness (QED) is 0.647. The van der Waals surface area contributed by atoms with Gasteiger partial charge in [0.15, 0.2) is 11.6 Å². The van der Waals surface area contributed by atoms with E-state index >= 15 is 0 Å². The lowest BCUT2D eigenvalue weighted by Gasteiger charge is -2.11. The minimum Gasteiger partial charge on any atom is -0.432 e. The SMILES string of the molecule is Cc1ccccc1CSc1cc(OC(F)F)c(F)cc1N. The second-order valence-electron chi connectivity index (χ2n) is 4.41. The molecule has 0 atom stereocenters. The molecule has 0 heterocycles. The molecule has 0 saturated carbocycles. The number of aryl methyl sites for hydroxylation is 1. The molecule has 0 aliphatic carbocycles. The van der Waals surface area contributed by atoms with Crippen LogP contribution in [-0.4, -0.2) is 6.61 Å². The van der Waals surface area contributed by atoms with Gasteiger partial charge in [0, 0.05) is 22.4 Å². The van der Waals surface area contributed by atoms with E-state index in [2.05, 4.69) is 4.74 Å². The minimum atomic E-state index is -3.07. The van der Waals surface area contributed by atoms with Crippen LogP contribution in [0.25, 0.3) is 0 Å². The maximum Gasteiger partial charge on any atom is 0.387 e. The number of nitrogens with two attached hydrogens (primary N) is 1. The molecule has 2 rings (SSSR count). The summed E-state index contributed by atoms with van der Waals surface area (Å²) in [5.74, 6) is -0.782. The Bertz CT molecular complexity index is 634. The molecule has 2 N–H and O–H groups in total. The van der Waals surface area contributed by atoms with E-state index in [4.69, 9.17) is 5.73 Å². The second-order valence-corrected chi connectivity index (χ2v) is 5.43. The summed E-state index contributed by atoms with van der Waals surface area (Å²) in [7, 11) is 0. The molecule has 0 fully saturated rings. The van der Waals surface area contributed by atoms with Crippen LogP contribution >= 0.6 is 11.8 Å². The van der Waals surface area contributed by atoms with Gasteiger partial charge >= 0.3 is 6.61 Å². The molecule has 2 aromatic rings. The number of ether oxygens (including phenoxy) is 1. The molecule has 0 aliphatic heterocycles. The van der Waals surface area contributed by atoms with Crippen LogP contribution in [0, 0.1) is 12.7 Å². The van der Waals surface area contributed by atoms with Crippen LogP contribution in [-0.2, 0) is 5.75 Å². The molecule has 0 saturated heterocycles. The van der Waals surface area contributed by atoms with E-state index in [1.54, 1.807) is 0 Å². The number of thioether (sulfide) groups is 1. The number of alkyl halides is 2. The summed E-state index contributed by atoms with van der Waals surface area (Å²) < 4.78 is 42.0. The fourth-order valence-electron chi connectivity index (χ4n) is 1.79. The Morgan fingerprint density at radius 2 is 1.95 bits per heavy atom. The van der Waals surface area contributed by atoms with Gasteiger partial charge in [0.2, 0.25) is 0 Å². The predicted molar refractivity (Wildman–Crippen MR) is 78.2 cm³/mol. The van der Waals surface area contributed by atoms with Crippen LogP contribution in [0.3, 0.4) is 0 Å². The highest BCUT2D eigenvalue weighted by atomic mass is 32.2. The summed E-state index contributed by atoms with van der Waals surface area (Å²) >= 11 is 1.35. The second kappa shape index (κ2) is 6.76. The average molecular weight is 313 g/mol. The average Bonchev–Trinajstić information content (AvgIpc) is 2.41. The molecule has 6 heteroatoms. The fourth-order valence-corrected chi connectivity index (χ4v) is 2.84. The molecule has 0 unspecified atom stereocenters. The molecular weight excluding hydrogens is 299 g/mol. The Labute approximate surface area is 125 Å². The maximum absolute atomic E-state index is 13.5. The monoisotopic (exact) mass is 313 g/mol. The van der Waals surface area contributed by atoms with Crippen molar-refractivity contribution in [2.45, 2.75) is 24.2 Å². The third kappa shape index (κ3) is 4.07. The number of rotatable bonds is 5. The molecule has 2 nitrogen and oxygen atoms in total. The van der Waals surface area contributed by atoms with E-state index in [9.17, 15) is 13.2 Å². The topological polar surface area (TPSA) is 35.2 Å². The number of hydrogen-bond acceptors (Lipinski definition) is 3. The van der Waals surface area contributed by atoms with E-state index in [-0.39, 0.29) is 5.69 Å². The number of benzene rings is 2. The van der Waals surface area contributed by atoms with E-state index in [1.807, 2.05) is 31.2 Å². The first-order valence-corrected chi connectivity index (χ1v) is 7.17. The Morgan fingerprint density at radius 3 is 2.62 bits per heavy atom. The van der Waals surface area contributed by atoms with Crippen LogP contribution in [0.15, 0.2) is 41.3 Å². The Hall–Kier alpha value is -1.82. The standard InChI is InChI=1S/C15H14F3NOS/c1-9-4-2-3-5-10(9)8-21-14-7-13(20-15(17)18)11(16)6-12(14)19/h2-7,15H,8,19H2,1H3. The van der Waals surface area contributed by atoms with Gasteiger partial charge in [0.25, 0.3) is 0 Å². The van der Waals surface area contributed by atoms with Crippen molar-refractivity contribution in [1.82, 2.24) is 0 Å². The largest absolute Gasteiger partial charge is 0.432 e. The zero-order valence-electron chi connectivity index (χ0n) is 11.3. The zero-order chi connectivity index (χ0) is 15.4. The Kier molecular flexibility index (Phi) is 5.01. The lowest BCUT2D eigenvalue weighted by Crippen LogP contribution is -2.04. The number of anilines is 1. The smallest absolute Gasteiger partial charge is 0.387 e. The van der Waals surface area contributed by atoms with Crippen molar-refractivity contribution < 1.29 is 17.9 Å². The summed E-state index contributed by atoms with van der Waals surface area (Å²) in [6.07, 6.45) is 0. The van der Waals surface area contributed by atoms with Gasteiger partial charge in [-0.25, -0.2) is 4.39 Å². The maximum atomic E-state index is 13.5. The molecule has 0 aliphatic rings. The van der Waals surface area contributed by atoms with Gasteiger partial charge in [-0.15, -0.1) is 11.8 Å². The van der Waals surface area contributed by atoms with E-state index in [1.165, 1.54) is 17.8 Å². The number of hydrogen-bond donors (Lipinski definition) is 1. The van der Waals surface area contributed by atoms with Crippen LogP contribution in [0.5, 0.6) is 5.75 Å². The van der Waals surface area contributed by atoms with Crippen molar-refractivity contribution in [3.8, 4) is 5.75 Å². The minimum absolute atomic E-state index is 0.202. The van der Waals surface area contributed by atoms with Crippen LogP contribution in [0.1, 0.15) is 11.1 Å². The van der Waals surface area contributed by atoms with Crippen molar-refractivity contribution in [1.29, 1.82) is 0 Å². The summed E-state index contributed by atoms with van der Waals surface area (Å²) in [6.45, 7) is -1.09. The number of nitrogen functional groups attached to an aromatic ring is 1. The van der Waals surface area contributed by atoms with Gasteiger partial charge in [-0.2, -0.15) is 8.78 Å². The molecule has 0 radical (unpaired) electrons. The number of halogens is 3. The molecule has 0 amide bonds. The highest BCUT2D eigenvalue weighted by Crippen LogP contribution is 2.34. The normalized spacial score (nSPS) is 10.9. The van der Waals surface area contributed by atoms with Gasteiger partial charge in [-0.1, -0.05) is 24.3 Å². The lowest BCUT2D eigenvalue weighted by molar-refractivity contribution is -0.0523. The molecule has 0 spiro atoms. The van der Waals surface area contributed by atoms with Crippen molar-refractivity contribution in [2.24, 2.45) is 0 Å². The van der Waals surface area contributed by atoms with Gasteiger partial charge in [0.05, 0.1) is 0 Å². The van der Waals surface area contributed by atoms with Gasteiger partial charge in [0.1, 0.15) is 0 Å².